The van der Waals surface area contributed by atoms with E-state index in [2.05, 4.69) is 34.2 Å². The van der Waals surface area contributed by atoms with Crippen molar-refractivity contribution in [3.05, 3.63) is 102 Å². The zero-order chi connectivity index (χ0) is 21.4. The molecule has 2 aliphatic heterocycles. The number of imidazole rings is 1. The first-order valence-electron chi connectivity index (χ1n) is 9.79. The predicted octanol–water partition coefficient (Wildman–Crippen LogP) is 5.63. The third kappa shape index (κ3) is 3.75. The van der Waals surface area contributed by atoms with Crippen molar-refractivity contribution in [2.45, 2.75) is 6.54 Å². The quantitative estimate of drug-likeness (QED) is 0.390. The standard InChI is InChI=1S/C25H18F2N4/c26-21-6-2-5-20(24(21)27)25-29-22-11-12-31(15-23(22)30-25)14-16-7-9-17(10-8-16)18-3-1-4-19(28)13-18/h1-13,15H,14,28H2. The monoisotopic (exact) mass is 412 g/mol. The Morgan fingerprint density at radius 3 is 2.39 bits per heavy atom. The minimum absolute atomic E-state index is 0.0555. The molecule has 0 unspecified atom stereocenters. The number of pyridine rings is 1. The molecule has 0 fully saturated rings. The SMILES string of the molecule is Nc1cccc(-c2ccc(Cn3ccc4nc(-c5cccc(F)c5F)nc-4c3)cc2)c1. The molecule has 2 heterocycles. The Labute approximate surface area is 178 Å². The van der Waals surface area contributed by atoms with Crippen LogP contribution in [0.25, 0.3) is 33.9 Å². The van der Waals surface area contributed by atoms with Gasteiger partial charge in [-0.3, -0.25) is 0 Å². The van der Waals surface area contributed by atoms with Gasteiger partial charge in [0.05, 0.1) is 11.3 Å². The molecule has 2 N–H and O–H groups in total. The molecule has 31 heavy (non-hydrogen) atoms. The van der Waals surface area contributed by atoms with Crippen LogP contribution in [0.2, 0.25) is 0 Å². The number of fused-ring (bicyclic) bond motifs is 1. The zero-order valence-corrected chi connectivity index (χ0v) is 16.5. The van der Waals surface area contributed by atoms with Gasteiger partial charge in [0.15, 0.2) is 17.5 Å². The summed E-state index contributed by atoms with van der Waals surface area (Å²) in [5.74, 6) is -1.68. The van der Waals surface area contributed by atoms with Crippen LogP contribution in [-0.4, -0.2) is 14.5 Å². The maximum atomic E-state index is 14.1. The van der Waals surface area contributed by atoms with E-state index >= 15 is 0 Å². The van der Waals surface area contributed by atoms with Gasteiger partial charge >= 0.3 is 0 Å². The van der Waals surface area contributed by atoms with Gasteiger partial charge in [0.25, 0.3) is 0 Å². The second kappa shape index (κ2) is 7.65. The summed E-state index contributed by atoms with van der Waals surface area (Å²) in [6.07, 6.45) is 3.75. The molecule has 5 rings (SSSR count). The molecule has 0 aromatic heterocycles. The highest BCUT2D eigenvalue weighted by atomic mass is 19.2. The number of anilines is 1. The summed E-state index contributed by atoms with van der Waals surface area (Å²) in [5, 5.41) is 0. The Balaban J connectivity index is 1.40. The lowest BCUT2D eigenvalue weighted by molar-refractivity contribution is 0.510. The predicted molar refractivity (Wildman–Crippen MR) is 117 cm³/mol. The third-order valence-corrected chi connectivity index (χ3v) is 5.16. The van der Waals surface area contributed by atoms with Gasteiger partial charge in [-0.25, -0.2) is 18.7 Å². The highest BCUT2D eigenvalue weighted by Crippen LogP contribution is 2.28. The largest absolute Gasteiger partial charge is 0.399 e. The first-order valence-corrected chi connectivity index (χ1v) is 9.79. The summed E-state index contributed by atoms with van der Waals surface area (Å²) in [6.45, 7) is 0.643. The topological polar surface area (TPSA) is 56.7 Å². The third-order valence-electron chi connectivity index (χ3n) is 5.16. The van der Waals surface area contributed by atoms with Crippen LogP contribution in [0.1, 0.15) is 5.56 Å². The van der Waals surface area contributed by atoms with Crippen LogP contribution in [0.4, 0.5) is 14.5 Å². The van der Waals surface area contributed by atoms with E-state index in [4.69, 9.17) is 5.73 Å². The Hall–Kier alpha value is -4.06. The van der Waals surface area contributed by atoms with Crippen LogP contribution in [0.5, 0.6) is 0 Å². The summed E-state index contributed by atoms with van der Waals surface area (Å²) < 4.78 is 29.6. The first kappa shape index (κ1) is 18.9. The number of aromatic nitrogens is 3. The van der Waals surface area contributed by atoms with E-state index < -0.39 is 11.6 Å². The van der Waals surface area contributed by atoms with E-state index in [1.807, 2.05) is 47.3 Å². The van der Waals surface area contributed by atoms with E-state index in [1.165, 1.54) is 12.1 Å². The summed E-state index contributed by atoms with van der Waals surface area (Å²) in [7, 11) is 0. The molecule has 0 radical (unpaired) electrons. The van der Waals surface area contributed by atoms with Gasteiger partial charge in [0.2, 0.25) is 0 Å². The molecule has 0 saturated heterocycles. The molecule has 152 valence electrons. The molecule has 0 amide bonds. The van der Waals surface area contributed by atoms with Gasteiger partial charge in [-0.05, 0) is 47.0 Å². The average molecular weight is 412 g/mol. The lowest BCUT2D eigenvalue weighted by atomic mass is 10.0. The van der Waals surface area contributed by atoms with Crippen LogP contribution < -0.4 is 5.73 Å². The molecule has 0 saturated carbocycles. The number of nitrogens with zero attached hydrogens (tertiary/aromatic N) is 3. The van der Waals surface area contributed by atoms with E-state index in [0.717, 1.165) is 28.4 Å². The Morgan fingerprint density at radius 1 is 0.806 bits per heavy atom. The molecule has 2 aliphatic rings. The van der Waals surface area contributed by atoms with Crippen molar-refractivity contribution in [1.82, 2.24) is 14.5 Å². The van der Waals surface area contributed by atoms with Crippen LogP contribution in [0, 0.1) is 11.6 Å². The number of nitrogens with two attached hydrogens (primary N) is 1. The van der Waals surface area contributed by atoms with Gasteiger partial charge in [0, 0.05) is 24.6 Å². The van der Waals surface area contributed by atoms with Crippen LogP contribution in [0.3, 0.4) is 0 Å². The second-order valence-corrected chi connectivity index (χ2v) is 7.36. The van der Waals surface area contributed by atoms with Gasteiger partial charge in [-0.1, -0.05) is 42.5 Å². The number of hydrogen-bond acceptors (Lipinski definition) is 3. The number of rotatable bonds is 4. The van der Waals surface area contributed by atoms with E-state index in [9.17, 15) is 8.78 Å². The smallest absolute Gasteiger partial charge is 0.169 e. The summed E-state index contributed by atoms with van der Waals surface area (Å²) in [6, 6.07) is 21.9. The highest BCUT2D eigenvalue weighted by Gasteiger charge is 2.17. The lowest BCUT2D eigenvalue weighted by Gasteiger charge is -2.09. The van der Waals surface area contributed by atoms with Crippen molar-refractivity contribution in [3.63, 3.8) is 0 Å². The van der Waals surface area contributed by atoms with Crippen molar-refractivity contribution in [2.75, 3.05) is 5.73 Å². The summed E-state index contributed by atoms with van der Waals surface area (Å²) in [4.78, 5) is 8.74. The van der Waals surface area contributed by atoms with Gasteiger partial charge < -0.3 is 10.3 Å². The fourth-order valence-electron chi connectivity index (χ4n) is 3.58. The van der Waals surface area contributed by atoms with E-state index in [-0.39, 0.29) is 11.4 Å². The molecule has 4 nitrogen and oxygen atoms in total. The normalized spacial score (nSPS) is 11.2. The fraction of sp³-hybridized carbons (Fsp3) is 0.0400. The minimum atomic E-state index is -0.939. The van der Waals surface area contributed by atoms with Crippen molar-refractivity contribution in [1.29, 1.82) is 0 Å². The Morgan fingerprint density at radius 2 is 1.58 bits per heavy atom. The van der Waals surface area contributed by atoms with Crippen molar-refractivity contribution in [2.24, 2.45) is 0 Å². The zero-order valence-electron chi connectivity index (χ0n) is 16.5. The number of hydrogen-bond donors (Lipinski definition) is 1. The van der Waals surface area contributed by atoms with E-state index in [1.54, 1.807) is 0 Å². The maximum Gasteiger partial charge on any atom is 0.169 e. The van der Waals surface area contributed by atoms with Crippen molar-refractivity contribution >= 4 is 5.69 Å². The van der Waals surface area contributed by atoms with Crippen LogP contribution in [0.15, 0.2) is 85.2 Å². The minimum Gasteiger partial charge on any atom is -0.399 e. The molecule has 3 aromatic rings. The number of nitrogen functional groups attached to an aromatic ring is 1. The van der Waals surface area contributed by atoms with E-state index in [0.29, 0.717) is 17.9 Å². The first-order chi connectivity index (χ1) is 15.1. The fourth-order valence-corrected chi connectivity index (χ4v) is 3.58. The second-order valence-electron chi connectivity index (χ2n) is 7.36. The molecule has 3 aromatic carbocycles. The molecule has 6 heteroatoms. The summed E-state index contributed by atoms with van der Waals surface area (Å²) >= 11 is 0. The molecule has 0 bridgehead atoms. The number of halogens is 2. The molecule has 0 spiro atoms. The van der Waals surface area contributed by atoms with Crippen molar-refractivity contribution in [3.8, 4) is 33.9 Å². The molecule has 0 atom stereocenters. The van der Waals surface area contributed by atoms with Gasteiger partial charge in [0.1, 0.15) is 5.69 Å². The van der Waals surface area contributed by atoms with Crippen LogP contribution >= 0.6 is 0 Å². The maximum absolute atomic E-state index is 14.1. The van der Waals surface area contributed by atoms with Gasteiger partial charge in [-0.15, -0.1) is 0 Å². The lowest BCUT2D eigenvalue weighted by Crippen LogP contribution is -2.00. The van der Waals surface area contributed by atoms with Crippen LogP contribution in [-0.2, 0) is 6.54 Å². The Kier molecular flexibility index (Phi) is 4.67. The highest BCUT2D eigenvalue weighted by molar-refractivity contribution is 5.68. The molecule has 0 aliphatic carbocycles. The number of benzene rings is 3. The average Bonchev–Trinajstić information content (AvgIpc) is 3.19. The Bertz CT molecular complexity index is 1340. The van der Waals surface area contributed by atoms with Crippen molar-refractivity contribution < 1.29 is 8.78 Å². The molecular weight excluding hydrogens is 394 g/mol. The summed E-state index contributed by atoms with van der Waals surface area (Å²) in [5.41, 5.74) is 11.2. The molecular formula is C25H18F2N4. The van der Waals surface area contributed by atoms with Gasteiger partial charge in [-0.2, -0.15) is 0 Å².